The summed E-state index contributed by atoms with van der Waals surface area (Å²) in [4.78, 5) is 46.5. The van der Waals surface area contributed by atoms with Gasteiger partial charge in [-0.15, -0.1) is 0 Å². The van der Waals surface area contributed by atoms with Crippen LogP contribution in [0, 0.1) is 23.7 Å². The number of esters is 2. The molecule has 8 heteroatoms. The highest BCUT2D eigenvalue weighted by atomic mass is 16.6. The molecule has 2 aliphatic rings. The van der Waals surface area contributed by atoms with Crippen LogP contribution in [0.3, 0.4) is 0 Å². The molecule has 4 atom stereocenters. The molecule has 4 unspecified atom stereocenters. The van der Waals surface area contributed by atoms with Gasteiger partial charge >= 0.3 is 23.9 Å². The Morgan fingerprint density at radius 1 is 0.654 bits per heavy atom. The van der Waals surface area contributed by atoms with Gasteiger partial charge in [-0.3, -0.25) is 19.2 Å². The van der Waals surface area contributed by atoms with Crippen LogP contribution in [-0.2, 0) is 28.7 Å². The minimum absolute atomic E-state index is 0.197. The second-order valence-electron chi connectivity index (χ2n) is 6.32. The first-order valence-corrected chi connectivity index (χ1v) is 8.50. The fourth-order valence-corrected chi connectivity index (χ4v) is 3.19. The first-order chi connectivity index (χ1) is 12.4. The minimum atomic E-state index is -1.05. The van der Waals surface area contributed by atoms with Crippen molar-refractivity contribution in [1.29, 1.82) is 0 Å². The van der Waals surface area contributed by atoms with Crippen molar-refractivity contribution in [3.05, 3.63) is 24.3 Å². The standard InChI is InChI=1S/C18H22O8/c19-15(20)11-5-1-3-7-13(11)17(23)25-9-10-26-18(24)14-8-4-2-6-12(14)16(21)22/h1-4,11-14H,5-10H2,(H,19,20)(H,21,22). The van der Waals surface area contributed by atoms with Crippen molar-refractivity contribution in [2.75, 3.05) is 13.2 Å². The molecule has 0 heterocycles. The molecule has 0 fully saturated rings. The molecule has 0 aromatic carbocycles. The number of carboxylic acids is 2. The lowest BCUT2D eigenvalue weighted by Gasteiger charge is -2.24. The Balaban J connectivity index is 1.77. The molecule has 0 saturated heterocycles. The summed E-state index contributed by atoms with van der Waals surface area (Å²) in [6.45, 7) is -0.394. The van der Waals surface area contributed by atoms with Crippen molar-refractivity contribution in [1.82, 2.24) is 0 Å². The molecule has 0 spiro atoms. The third-order valence-corrected chi connectivity index (χ3v) is 4.68. The molecule has 2 aliphatic carbocycles. The van der Waals surface area contributed by atoms with Crippen LogP contribution in [0.1, 0.15) is 25.7 Å². The number of carbonyl (C=O) groups is 4. The number of allylic oxidation sites excluding steroid dienone is 4. The van der Waals surface area contributed by atoms with Gasteiger partial charge < -0.3 is 19.7 Å². The van der Waals surface area contributed by atoms with Crippen LogP contribution in [0.2, 0.25) is 0 Å². The van der Waals surface area contributed by atoms with Crippen molar-refractivity contribution < 1.29 is 38.9 Å². The summed E-state index contributed by atoms with van der Waals surface area (Å²) in [7, 11) is 0. The predicted octanol–water partition coefficient (Wildman–Crippen LogP) is 1.41. The molecule has 2 N–H and O–H groups in total. The van der Waals surface area contributed by atoms with Gasteiger partial charge in [-0.05, 0) is 25.7 Å². The molecule has 26 heavy (non-hydrogen) atoms. The van der Waals surface area contributed by atoms with E-state index >= 15 is 0 Å². The Labute approximate surface area is 150 Å². The molecule has 2 rings (SSSR count). The molecule has 0 bridgehead atoms. The van der Waals surface area contributed by atoms with Crippen molar-refractivity contribution in [3.8, 4) is 0 Å². The van der Waals surface area contributed by atoms with Gasteiger partial charge in [-0.25, -0.2) is 0 Å². The van der Waals surface area contributed by atoms with E-state index in [0.29, 0.717) is 12.8 Å². The van der Waals surface area contributed by atoms with Crippen molar-refractivity contribution in [3.63, 3.8) is 0 Å². The second-order valence-corrected chi connectivity index (χ2v) is 6.32. The van der Waals surface area contributed by atoms with E-state index in [1.54, 1.807) is 24.3 Å². The number of aliphatic carboxylic acids is 2. The zero-order chi connectivity index (χ0) is 19.1. The quantitative estimate of drug-likeness (QED) is 0.393. The summed E-state index contributed by atoms with van der Waals surface area (Å²) in [5.41, 5.74) is 0. The minimum Gasteiger partial charge on any atom is -0.481 e. The van der Waals surface area contributed by atoms with E-state index < -0.39 is 47.5 Å². The van der Waals surface area contributed by atoms with E-state index in [-0.39, 0.29) is 26.1 Å². The van der Waals surface area contributed by atoms with E-state index in [4.69, 9.17) is 19.7 Å². The van der Waals surface area contributed by atoms with Crippen molar-refractivity contribution >= 4 is 23.9 Å². The maximum Gasteiger partial charge on any atom is 0.310 e. The summed E-state index contributed by atoms with van der Waals surface area (Å²) < 4.78 is 10.1. The fraction of sp³-hybridized carbons (Fsp3) is 0.556. The molecular weight excluding hydrogens is 344 g/mol. The van der Waals surface area contributed by atoms with Crippen LogP contribution in [0.4, 0.5) is 0 Å². The number of ether oxygens (including phenoxy) is 2. The average Bonchev–Trinajstić information content (AvgIpc) is 2.64. The molecule has 0 radical (unpaired) electrons. The van der Waals surface area contributed by atoms with E-state index in [2.05, 4.69) is 0 Å². The Morgan fingerprint density at radius 2 is 0.962 bits per heavy atom. The SMILES string of the molecule is O=C(O)C1CC=CCC1C(=O)OCCOC(=O)C1CC=CCC1C(=O)O. The van der Waals surface area contributed by atoms with Gasteiger partial charge in [0.05, 0.1) is 23.7 Å². The van der Waals surface area contributed by atoms with Gasteiger partial charge in [0.2, 0.25) is 0 Å². The fourth-order valence-electron chi connectivity index (χ4n) is 3.19. The largest absolute Gasteiger partial charge is 0.481 e. The lowest BCUT2D eigenvalue weighted by Crippen LogP contribution is -2.34. The molecule has 0 amide bonds. The van der Waals surface area contributed by atoms with Crippen LogP contribution in [0.5, 0.6) is 0 Å². The number of carboxylic acid groups (broad SMARTS) is 2. The highest BCUT2D eigenvalue weighted by Gasteiger charge is 2.36. The van der Waals surface area contributed by atoms with Crippen LogP contribution < -0.4 is 0 Å². The number of carbonyl (C=O) groups excluding carboxylic acids is 2. The van der Waals surface area contributed by atoms with Crippen molar-refractivity contribution in [2.24, 2.45) is 23.7 Å². The smallest absolute Gasteiger partial charge is 0.310 e. The van der Waals surface area contributed by atoms with Crippen LogP contribution >= 0.6 is 0 Å². The van der Waals surface area contributed by atoms with Gasteiger partial charge in [-0.1, -0.05) is 24.3 Å². The lowest BCUT2D eigenvalue weighted by molar-refractivity contribution is -0.164. The monoisotopic (exact) mass is 366 g/mol. The normalized spacial score (nSPS) is 27.5. The third-order valence-electron chi connectivity index (χ3n) is 4.68. The zero-order valence-corrected chi connectivity index (χ0v) is 14.2. The van der Waals surface area contributed by atoms with E-state index in [1.807, 2.05) is 0 Å². The number of hydrogen-bond acceptors (Lipinski definition) is 6. The van der Waals surface area contributed by atoms with Gasteiger partial charge in [0, 0.05) is 0 Å². The molecule has 8 nitrogen and oxygen atoms in total. The Morgan fingerprint density at radius 3 is 1.27 bits per heavy atom. The van der Waals surface area contributed by atoms with Crippen LogP contribution in [-0.4, -0.2) is 47.3 Å². The molecular formula is C18H22O8. The molecule has 0 aromatic rings. The average molecular weight is 366 g/mol. The number of rotatable bonds is 7. The van der Waals surface area contributed by atoms with E-state index in [0.717, 1.165) is 0 Å². The Bertz CT molecular complexity index is 567. The lowest BCUT2D eigenvalue weighted by atomic mass is 9.83. The molecule has 142 valence electrons. The molecule has 0 aliphatic heterocycles. The Kier molecular flexibility index (Phi) is 6.94. The van der Waals surface area contributed by atoms with Crippen LogP contribution in [0.25, 0.3) is 0 Å². The highest BCUT2D eigenvalue weighted by molar-refractivity contribution is 5.82. The van der Waals surface area contributed by atoms with Gasteiger partial charge in [0.15, 0.2) is 0 Å². The summed E-state index contributed by atoms with van der Waals surface area (Å²) in [6, 6.07) is 0. The van der Waals surface area contributed by atoms with E-state index in [9.17, 15) is 19.2 Å². The molecule has 0 saturated carbocycles. The Hall–Kier alpha value is -2.64. The summed E-state index contributed by atoms with van der Waals surface area (Å²) in [6.07, 6.45) is 8.08. The topological polar surface area (TPSA) is 127 Å². The summed E-state index contributed by atoms with van der Waals surface area (Å²) >= 11 is 0. The first-order valence-electron chi connectivity index (χ1n) is 8.50. The van der Waals surface area contributed by atoms with E-state index in [1.165, 1.54) is 0 Å². The molecule has 0 aromatic heterocycles. The maximum atomic E-state index is 12.1. The number of hydrogen-bond donors (Lipinski definition) is 2. The first kappa shape index (κ1) is 19.7. The summed E-state index contributed by atoms with van der Waals surface area (Å²) in [5, 5.41) is 18.3. The predicted molar refractivity (Wildman–Crippen MR) is 87.9 cm³/mol. The highest BCUT2D eigenvalue weighted by Crippen LogP contribution is 2.28. The summed E-state index contributed by atoms with van der Waals surface area (Å²) in [5.74, 6) is -6.52. The van der Waals surface area contributed by atoms with Crippen molar-refractivity contribution in [2.45, 2.75) is 25.7 Å². The van der Waals surface area contributed by atoms with Gasteiger partial charge in [0.25, 0.3) is 0 Å². The zero-order valence-electron chi connectivity index (χ0n) is 14.2. The maximum absolute atomic E-state index is 12.1. The van der Waals surface area contributed by atoms with Crippen LogP contribution in [0.15, 0.2) is 24.3 Å². The van der Waals surface area contributed by atoms with Gasteiger partial charge in [0.1, 0.15) is 13.2 Å². The van der Waals surface area contributed by atoms with Gasteiger partial charge in [-0.2, -0.15) is 0 Å². The third kappa shape index (κ3) is 4.93. The second kappa shape index (κ2) is 9.17.